The van der Waals surface area contributed by atoms with Crippen molar-refractivity contribution in [1.82, 2.24) is 15.3 Å². The highest BCUT2D eigenvalue weighted by Crippen LogP contribution is 2.24. The molecule has 0 aliphatic carbocycles. The fourth-order valence-electron chi connectivity index (χ4n) is 2.61. The summed E-state index contributed by atoms with van der Waals surface area (Å²) >= 11 is 11.6. The van der Waals surface area contributed by atoms with Crippen LogP contribution in [0, 0.1) is 0 Å². The summed E-state index contributed by atoms with van der Waals surface area (Å²) in [7, 11) is 3.19. The van der Waals surface area contributed by atoms with Gasteiger partial charge in [0, 0.05) is 25.1 Å². The van der Waals surface area contributed by atoms with Crippen LogP contribution in [0.1, 0.15) is 22.8 Å². The second kappa shape index (κ2) is 13.2. The number of aromatic nitrogens is 2. The van der Waals surface area contributed by atoms with Crippen LogP contribution in [0.5, 0.6) is 0 Å². The van der Waals surface area contributed by atoms with Crippen molar-refractivity contribution in [3.8, 4) is 0 Å². The molecule has 3 aromatic rings. The maximum atomic E-state index is 11.6. The van der Waals surface area contributed by atoms with E-state index < -0.39 is 11.9 Å². The second-order valence-electron chi connectivity index (χ2n) is 6.55. The van der Waals surface area contributed by atoms with Crippen molar-refractivity contribution in [2.24, 2.45) is 0 Å². The largest absolute Gasteiger partial charge is 0.468 e. The molecule has 3 rings (SSSR count). The lowest BCUT2D eigenvalue weighted by atomic mass is 10.2. The molecule has 0 aliphatic heterocycles. The summed E-state index contributed by atoms with van der Waals surface area (Å²) in [6.07, 6.45) is 7.59. The smallest absolute Gasteiger partial charge is 0.325 e. The predicted octanol–water partition coefficient (Wildman–Crippen LogP) is 5.17. The van der Waals surface area contributed by atoms with Crippen LogP contribution in [0.15, 0.2) is 67.0 Å². The Labute approximate surface area is 203 Å². The zero-order chi connectivity index (χ0) is 24.2. The quantitative estimate of drug-likeness (QED) is 0.483. The number of amides is 1. The van der Waals surface area contributed by atoms with Gasteiger partial charge in [0.2, 0.25) is 5.95 Å². The summed E-state index contributed by atoms with van der Waals surface area (Å²) in [6.45, 7) is 1.79. The van der Waals surface area contributed by atoms with Crippen molar-refractivity contribution in [1.29, 1.82) is 0 Å². The van der Waals surface area contributed by atoms with Gasteiger partial charge >= 0.3 is 5.97 Å². The molecule has 0 spiro atoms. The van der Waals surface area contributed by atoms with Crippen LogP contribution in [-0.2, 0) is 9.53 Å². The number of nitrogens with one attached hydrogen (secondary N) is 1. The molecule has 0 saturated heterocycles. The maximum absolute atomic E-state index is 11.6. The van der Waals surface area contributed by atoms with E-state index in [9.17, 15) is 9.59 Å². The number of carbonyl (C=O) groups excluding carboxylic acids is 2. The third-order valence-electron chi connectivity index (χ3n) is 4.30. The number of hydrogen-bond acceptors (Lipinski definition) is 6. The number of benzene rings is 2. The van der Waals surface area contributed by atoms with E-state index in [0.717, 1.165) is 5.69 Å². The minimum absolute atomic E-state index is 0.148. The number of anilines is 2. The zero-order valence-corrected chi connectivity index (χ0v) is 20.0. The first kappa shape index (κ1) is 25.8. The number of ether oxygens (including phenoxy) is 1. The van der Waals surface area contributed by atoms with E-state index in [1.165, 1.54) is 12.7 Å². The molecule has 0 saturated carbocycles. The van der Waals surface area contributed by atoms with Gasteiger partial charge in [0.25, 0.3) is 5.91 Å². The molecule has 0 bridgehead atoms. The van der Waals surface area contributed by atoms with Crippen LogP contribution in [-0.4, -0.2) is 42.5 Å². The van der Waals surface area contributed by atoms with Crippen molar-refractivity contribution in [2.75, 3.05) is 25.6 Å². The van der Waals surface area contributed by atoms with Crippen LogP contribution in [0.3, 0.4) is 0 Å². The fourth-order valence-corrected chi connectivity index (χ4v) is 3.18. The summed E-state index contributed by atoms with van der Waals surface area (Å²) in [5.74, 6) is -0.358. The topological polar surface area (TPSA) is 84.4 Å². The molecule has 1 heterocycles. The Kier molecular flexibility index (Phi) is 10.3. The molecule has 2 aromatic carbocycles. The molecule has 33 heavy (non-hydrogen) atoms. The first-order chi connectivity index (χ1) is 15.9. The first-order valence-electron chi connectivity index (χ1n) is 9.90. The van der Waals surface area contributed by atoms with Crippen molar-refractivity contribution in [3.63, 3.8) is 0 Å². The summed E-state index contributed by atoms with van der Waals surface area (Å²) in [5, 5.41) is 2.81. The van der Waals surface area contributed by atoms with Gasteiger partial charge in [-0.1, -0.05) is 53.6 Å². The zero-order valence-electron chi connectivity index (χ0n) is 18.5. The van der Waals surface area contributed by atoms with Crippen molar-refractivity contribution in [2.45, 2.75) is 6.92 Å². The minimum atomic E-state index is -0.545. The molecule has 9 heteroatoms. The number of methoxy groups -OCH3 is 1. The van der Waals surface area contributed by atoms with Crippen LogP contribution in [0.4, 0.5) is 11.6 Å². The molecule has 0 aliphatic rings. The van der Waals surface area contributed by atoms with Crippen molar-refractivity contribution in [3.05, 3.63) is 88.2 Å². The van der Waals surface area contributed by atoms with Gasteiger partial charge in [0.05, 0.1) is 22.7 Å². The van der Waals surface area contributed by atoms with Crippen molar-refractivity contribution < 1.29 is 14.3 Å². The number of nitrogens with zero attached hydrogens (tertiary/aromatic N) is 3. The van der Waals surface area contributed by atoms with Gasteiger partial charge in [-0.05, 0) is 42.8 Å². The highest BCUT2D eigenvalue weighted by Gasteiger charge is 2.15. The van der Waals surface area contributed by atoms with Crippen LogP contribution in [0.25, 0.3) is 6.08 Å². The van der Waals surface area contributed by atoms with E-state index in [1.807, 2.05) is 31.0 Å². The standard InChI is InChI=1S/C14H15N3.C10H9Cl2NO3/c1-3-5-12-6-8-13(9-7-12)17(2)14-15-10-4-11-16-14;1-16-8(14)5-13-10(15)9-6(11)3-2-4-7(9)12/h3-11H,1-2H3;2-4H,5H2,1H3,(H,13,15)/b5-3+;. The SMILES string of the molecule is C/C=C/c1ccc(N(C)c2ncccn2)cc1.COC(=O)CNC(=O)c1c(Cl)cccc1Cl. The van der Waals surface area contributed by atoms with Gasteiger partial charge in [-0.2, -0.15) is 0 Å². The normalized spacial score (nSPS) is 10.2. The number of esters is 1. The third kappa shape index (κ3) is 7.89. The van der Waals surface area contributed by atoms with Gasteiger partial charge < -0.3 is 15.0 Å². The summed E-state index contributed by atoms with van der Waals surface area (Å²) in [6, 6.07) is 14.8. The van der Waals surface area contributed by atoms with Gasteiger partial charge in [-0.25, -0.2) is 9.97 Å². The summed E-state index contributed by atoms with van der Waals surface area (Å²) in [5.41, 5.74) is 2.41. The van der Waals surface area contributed by atoms with Gasteiger partial charge in [0.15, 0.2) is 0 Å². The number of hydrogen-bond donors (Lipinski definition) is 1. The number of halogens is 2. The first-order valence-corrected chi connectivity index (χ1v) is 10.7. The summed E-state index contributed by atoms with van der Waals surface area (Å²) < 4.78 is 4.38. The molecule has 1 N–H and O–H groups in total. The Bertz CT molecular complexity index is 1070. The monoisotopic (exact) mass is 486 g/mol. The van der Waals surface area contributed by atoms with E-state index in [-0.39, 0.29) is 22.2 Å². The van der Waals surface area contributed by atoms with Crippen molar-refractivity contribution >= 4 is 52.8 Å². The molecule has 172 valence electrons. The molecule has 0 unspecified atom stereocenters. The number of rotatable bonds is 6. The Hall–Kier alpha value is -3.42. The van der Waals surface area contributed by atoms with Crippen LogP contribution in [0.2, 0.25) is 10.0 Å². The molecule has 1 aromatic heterocycles. The highest BCUT2D eigenvalue weighted by molar-refractivity contribution is 6.39. The Morgan fingerprint density at radius 2 is 1.64 bits per heavy atom. The predicted molar refractivity (Wildman–Crippen MR) is 132 cm³/mol. The molecule has 1 amide bonds. The number of allylic oxidation sites excluding steroid dienone is 1. The van der Waals surface area contributed by atoms with Gasteiger partial charge in [-0.15, -0.1) is 0 Å². The second-order valence-corrected chi connectivity index (χ2v) is 7.37. The highest BCUT2D eigenvalue weighted by atomic mass is 35.5. The molecule has 0 radical (unpaired) electrons. The van der Waals surface area contributed by atoms with E-state index in [1.54, 1.807) is 30.6 Å². The lowest BCUT2D eigenvalue weighted by Crippen LogP contribution is -2.30. The molecule has 0 fully saturated rings. The Morgan fingerprint density at radius 1 is 1.03 bits per heavy atom. The molecular weight excluding hydrogens is 463 g/mol. The van der Waals surface area contributed by atoms with Gasteiger partial charge in [-0.3, -0.25) is 9.59 Å². The molecular formula is C24H24Cl2N4O3. The van der Waals surface area contributed by atoms with Crippen LogP contribution < -0.4 is 10.2 Å². The number of carbonyl (C=O) groups is 2. The van der Waals surface area contributed by atoms with E-state index in [2.05, 4.69) is 50.4 Å². The average molecular weight is 487 g/mol. The summed E-state index contributed by atoms with van der Waals surface area (Å²) in [4.78, 5) is 32.8. The average Bonchev–Trinajstić information content (AvgIpc) is 2.83. The van der Waals surface area contributed by atoms with Crippen LogP contribution >= 0.6 is 23.2 Å². The van der Waals surface area contributed by atoms with Gasteiger partial charge in [0.1, 0.15) is 6.54 Å². The lowest BCUT2D eigenvalue weighted by Gasteiger charge is -2.16. The minimum Gasteiger partial charge on any atom is -0.468 e. The Balaban J connectivity index is 0.000000234. The van der Waals surface area contributed by atoms with E-state index in [4.69, 9.17) is 23.2 Å². The lowest BCUT2D eigenvalue weighted by molar-refractivity contribution is -0.139. The maximum Gasteiger partial charge on any atom is 0.325 e. The van der Waals surface area contributed by atoms with E-state index >= 15 is 0 Å². The van der Waals surface area contributed by atoms with E-state index in [0.29, 0.717) is 5.95 Å². The Morgan fingerprint density at radius 3 is 2.18 bits per heavy atom. The fraction of sp³-hybridized carbons (Fsp3) is 0.167. The third-order valence-corrected chi connectivity index (χ3v) is 4.93. The molecule has 7 nitrogen and oxygen atoms in total. The molecule has 0 atom stereocenters.